The minimum Gasteiger partial charge on any atom is -0.461 e. The van der Waals surface area contributed by atoms with Crippen LogP contribution in [0.5, 0.6) is 0 Å². The Morgan fingerprint density at radius 3 is 2.59 bits per heavy atom. The van der Waals surface area contributed by atoms with E-state index in [4.69, 9.17) is 9.47 Å². The van der Waals surface area contributed by atoms with E-state index in [-0.39, 0.29) is 18.1 Å². The molecule has 1 aliphatic rings. The molecule has 3 heterocycles. The molecule has 180 valence electrons. The number of nitrogens with zero attached hydrogens (tertiary/aromatic N) is 4. The molecule has 1 aliphatic heterocycles. The Morgan fingerprint density at radius 1 is 1.15 bits per heavy atom. The van der Waals surface area contributed by atoms with Crippen molar-refractivity contribution >= 4 is 29.5 Å². The number of benzene rings is 1. The molecule has 0 atom stereocenters. The molecule has 0 saturated carbocycles. The van der Waals surface area contributed by atoms with Crippen molar-refractivity contribution < 1.29 is 19.1 Å². The number of aromatic nitrogens is 4. The first-order valence-electron chi connectivity index (χ1n) is 11.3. The number of H-pyrrole nitrogens is 1. The van der Waals surface area contributed by atoms with Gasteiger partial charge in [0.15, 0.2) is 10.9 Å². The van der Waals surface area contributed by atoms with E-state index in [0.29, 0.717) is 40.9 Å². The molecule has 0 spiro atoms. The normalized spacial score (nSPS) is 13.8. The summed E-state index contributed by atoms with van der Waals surface area (Å²) < 4.78 is 12.6. The highest BCUT2D eigenvalue weighted by atomic mass is 32.2. The van der Waals surface area contributed by atoms with Gasteiger partial charge in [0.05, 0.1) is 31.3 Å². The van der Waals surface area contributed by atoms with E-state index < -0.39 is 5.97 Å². The molecule has 4 rings (SSSR count). The number of ketones is 1. The van der Waals surface area contributed by atoms with Crippen LogP contribution >= 0.6 is 11.8 Å². The minimum absolute atomic E-state index is 0.0842. The van der Waals surface area contributed by atoms with Gasteiger partial charge in [-0.3, -0.25) is 9.36 Å². The molecule has 3 aromatic rings. The number of carbonyl (C=O) groups excluding carboxylic acids is 2. The summed E-state index contributed by atoms with van der Waals surface area (Å²) >= 11 is 1.34. The van der Waals surface area contributed by atoms with Gasteiger partial charge in [-0.1, -0.05) is 30.0 Å². The predicted octanol–water partition coefficient (Wildman–Crippen LogP) is 3.51. The number of para-hydroxylation sites is 1. The van der Waals surface area contributed by atoms with Crippen molar-refractivity contribution in [2.45, 2.75) is 32.9 Å². The van der Waals surface area contributed by atoms with Gasteiger partial charge in [-0.05, 0) is 44.9 Å². The highest BCUT2D eigenvalue weighted by Gasteiger charge is 2.26. The Labute approximate surface area is 202 Å². The molecular weight excluding hydrogens is 454 g/mol. The molecule has 0 amide bonds. The van der Waals surface area contributed by atoms with Crippen LogP contribution in [0, 0.1) is 20.8 Å². The van der Waals surface area contributed by atoms with Crippen LogP contribution in [0.3, 0.4) is 0 Å². The largest absolute Gasteiger partial charge is 0.461 e. The number of anilines is 1. The summed E-state index contributed by atoms with van der Waals surface area (Å²) in [6, 6.07) is 8.04. The van der Waals surface area contributed by atoms with Crippen molar-refractivity contribution in [2.24, 2.45) is 0 Å². The molecule has 1 N–H and O–H groups in total. The Balaban J connectivity index is 1.61. The van der Waals surface area contributed by atoms with Crippen LogP contribution in [0.4, 0.5) is 5.95 Å². The van der Waals surface area contributed by atoms with Crippen LogP contribution < -0.4 is 4.90 Å². The average Bonchev–Trinajstić information content (AvgIpc) is 3.39. The number of esters is 1. The molecule has 10 heteroatoms. The lowest BCUT2D eigenvalue weighted by Gasteiger charge is -2.28. The second-order valence-corrected chi connectivity index (χ2v) is 9.00. The summed E-state index contributed by atoms with van der Waals surface area (Å²) in [5, 5.41) is 9.55. The molecule has 34 heavy (non-hydrogen) atoms. The summed E-state index contributed by atoms with van der Waals surface area (Å²) in [6.45, 7) is 10.4. The fourth-order valence-corrected chi connectivity index (χ4v) is 4.94. The zero-order valence-corrected chi connectivity index (χ0v) is 20.7. The van der Waals surface area contributed by atoms with E-state index in [2.05, 4.69) is 20.1 Å². The monoisotopic (exact) mass is 483 g/mol. The van der Waals surface area contributed by atoms with Crippen molar-refractivity contribution in [3.05, 3.63) is 52.3 Å². The van der Waals surface area contributed by atoms with E-state index >= 15 is 0 Å². The third-order valence-electron chi connectivity index (χ3n) is 5.79. The van der Waals surface area contributed by atoms with Crippen LogP contribution in [0.15, 0.2) is 29.4 Å². The number of carbonyl (C=O) groups is 2. The topological polar surface area (TPSA) is 102 Å². The Kier molecular flexibility index (Phi) is 7.38. The van der Waals surface area contributed by atoms with Crippen molar-refractivity contribution in [1.29, 1.82) is 0 Å². The van der Waals surface area contributed by atoms with Crippen molar-refractivity contribution in [1.82, 2.24) is 19.7 Å². The van der Waals surface area contributed by atoms with Crippen molar-refractivity contribution in [2.75, 3.05) is 43.6 Å². The molecule has 0 unspecified atom stereocenters. The third kappa shape index (κ3) is 4.74. The Bertz CT molecular complexity index is 1200. The third-order valence-corrected chi connectivity index (χ3v) is 6.72. The van der Waals surface area contributed by atoms with E-state index in [1.54, 1.807) is 20.8 Å². The van der Waals surface area contributed by atoms with Gasteiger partial charge in [0, 0.05) is 24.3 Å². The van der Waals surface area contributed by atoms with Crippen LogP contribution in [0.1, 0.15) is 44.6 Å². The molecule has 0 radical (unpaired) electrons. The van der Waals surface area contributed by atoms with Gasteiger partial charge in [0.2, 0.25) is 5.95 Å². The maximum Gasteiger partial charge on any atom is 0.355 e. The summed E-state index contributed by atoms with van der Waals surface area (Å²) in [5.74, 6) is 0.365. The van der Waals surface area contributed by atoms with Gasteiger partial charge < -0.3 is 19.4 Å². The second kappa shape index (κ2) is 10.4. The minimum atomic E-state index is -0.454. The van der Waals surface area contributed by atoms with Crippen LogP contribution in [-0.4, -0.2) is 70.2 Å². The summed E-state index contributed by atoms with van der Waals surface area (Å²) in [4.78, 5) is 30.6. The molecule has 1 aromatic carbocycles. The zero-order valence-electron chi connectivity index (χ0n) is 19.9. The number of aromatic amines is 1. The zero-order chi connectivity index (χ0) is 24.2. The molecule has 1 saturated heterocycles. The summed E-state index contributed by atoms with van der Waals surface area (Å²) in [5.41, 5.74) is 4.16. The number of thioether (sulfide) groups is 1. The summed E-state index contributed by atoms with van der Waals surface area (Å²) in [7, 11) is 0. The lowest BCUT2D eigenvalue weighted by atomic mass is 10.1. The predicted molar refractivity (Wildman–Crippen MR) is 130 cm³/mol. The number of hydrogen-bond donors (Lipinski definition) is 1. The molecule has 9 nitrogen and oxygen atoms in total. The van der Waals surface area contributed by atoms with Gasteiger partial charge in [0.1, 0.15) is 5.69 Å². The van der Waals surface area contributed by atoms with E-state index in [1.165, 1.54) is 11.8 Å². The quantitative estimate of drug-likeness (QED) is 0.295. The fraction of sp³-hybridized carbons (Fsp3) is 0.417. The maximum atomic E-state index is 13.2. The highest BCUT2D eigenvalue weighted by Crippen LogP contribution is 2.30. The first kappa shape index (κ1) is 24.0. The van der Waals surface area contributed by atoms with Gasteiger partial charge in [0.25, 0.3) is 0 Å². The van der Waals surface area contributed by atoms with E-state index in [9.17, 15) is 9.59 Å². The molecule has 2 aromatic heterocycles. The van der Waals surface area contributed by atoms with Gasteiger partial charge in [-0.25, -0.2) is 4.79 Å². The van der Waals surface area contributed by atoms with E-state index in [0.717, 1.165) is 30.3 Å². The SMILES string of the molecule is CCOC(=O)c1[nH]c(C)c(C(=O)CSc2nnc(N3CCOCC3)n2-c2ccccc2C)c1C. The maximum absolute atomic E-state index is 13.2. The van der Waals surface area contributed by atoms with Crippen LogP contribution in [0.25, 0.3) is 5.69 Å². The number of rotatable bonds is 8. The van der Waals surface area contributed by atoms with Crippen molar-refractivity contribution in [3.63, 3.8) is 0 Å². The average molecular weight is 484 g/mol. The van der Waals surface area contributed by atoms with E-state index in [1.807, 2.05) is 35.8 Å². The summed E-state index contributed by atoms with van der Waals surface area (Å²) in [6.07, 6.45) is 0. The number of morpholine rings is 1. The first-order valence-corrected chi connectivity index (χ1v) is 12.3. The molecule has 0 aliphatic carbocycles. The Morgan fingerprint density at radius 2 is 1.88 bits per heavy atom. The lowest BCUT2D eigenvalue weighted by Crippen LogP contribution is -2.38. The number of hydrogen-bond acceptors (Lipinski definition) is 8. The number of nitrogens with one attached hydrogen (secondary N) is 1. The second-order valence-electron chi connectivity index (χ2n) is 8.06. The first-order chi connectivity index (χ1) is 16.4. The standard InChI is InChI=1S/C24H29N5O4S/c1-5-33-22(31)21-16(3)20(17(4)25-21)19(30)14-34-24-27-26-23(28-10-12-32-13-11-28)29(24)18-9-7-6-8-15(18)2/h6-9,25H,5,10-14H2,1-4H3. The smallest absolute Gasteiger partial charge is 0.355 e. The fourth-order valence-electron chi connectivity index (χ4n) is 4.13. The number of aryl methyl sites for hydroxylation is 2. The lowest BCUT2D eigenvalue weighted by molar-refractivity contribution is 0.0519. The van der Waals surface area contributed by atoms with Gasteiger partial charge >= 0.3 is 5.97 Å². The molecular formula is C24H29N5O4S. The number of Topliss-reactive ketones (excluding diaryl/α,β-unsaturated/α-hetero) is 1. The Hall–Kier alpha value is -3.11. The van der Waals surface area contributed by atoms with Crippen LogP contribution in [0.2, 0.25) is 0 Å². The van der Waals surface area contributed by atoms with Gasteiger partial charge in [-0.2, -0.15) is 0 Å². The highest BCUT2D eigenvalue weighted by molar-refractivity contribution is 7.99. The molecule has 0 bridgehead atoms. The number of ether oxygens (including phenoxy) is 2. The molecule has 1 fully saturated rings. The van der Waals surface area contributed by atoms with Crippen molar-refractivity contribution in [3.8, 4) is 5.69 Å². The van der Waals surface area contributed by atoms with Crippen LogP contribution in [-0.2, 0) is 9.47 Å². The van der Waals surface area contributed by atoms with Gasteiger partial charge in [-0.15, -0.1) is 10.2 Å².